The predicted molar refractivity (Wildman–Crippen MR) is 105 cm³/mol. The molecule has 0 aliphatic carbocycles. The summed E-state index contributed by atoms with van der Waals surface area (Å²) in [6.07, 6.45) is 3.39. The Kier molecular flexibility index (Phi) is 4.26. The zero-order valence-corrected chi connectivity index (χ0v) is 15.4. The molecule has 0 saturated heterocycles. The fourth-order valence-corrected chi connectivity index (χ4v) is 3.68. The van der Waals surface area contributed by atoms with Crippen LogP contribution in [-0.4, -0.2) is 16.3 Å². The van der Waals surface area contributed by atoms with Crippen molar-refractivity contribution in [3.63, 3.8) is 0 Å². The van der Waals surface area contributed by atoms with E-state index in [1.165, 1.54) is 29.5 Å². The van der Waals surface area contributed by atoms with Crippen LogP contribution in [0.2, 0.25) is 5.02 Å². The van der Waals surface area contributed by atoms with Crippen LogP contribution < -0.4 is 5.32 Å². The minimum Gasteiger partial charge on any atom is -0.370 e. The quantitative estimate of drug-likeness (QED) is 0.655. The fourth-order valence-electron chi connectivity index (χ4n) is 3.49. The van der Waals surface area contributed by atoms with Crippen molar-refractivity contribution in [3.05, 3.63) is 64.2 Å². The van der Waals surface area contributed by atoms with Crippen LogP contribution in [0.4, 0.5) is 5.82 Å². The molecule has 4 heteroatoms. The second-order valence-corrected chi connectivity index (χ2v) is 7.21. The lowest BCUT2D eigenvalue weighted by atomic mass is 10.0. The predicted octanol–water partition coefficient (Wildman–Crippen LogP) is 5.56. The highest BCUT2D eigenvalue weighted by Crippen LogP contribution is 2.35. The van der Waals surface area contributed by atoms with Crippen LogP contribution in [0.15, 0.2) is 42.5 Å². The molecule has 4 rings (SSSR count). The van der Waals surface area contributed by atoms with Crippen molar-refractivity contribution in [2.45, 2.75) is 33.1 Å². The average molecular weight is 352 g/mol. The number of hydrogen-bond acceptors (Lipinski definition) is 2. The van der Waals surface area contributed by atoms with Crippen LogP contribution in [0.1, 0.15) is 29.5 Å². The molecule has 25 heavy (non-hydrogen) atoms. The number of hydrogen-bond donors (Lipinski definition) is 1. The maximum atomic E-state index is 6.23. The monoisotopic (exact) mass is 351 g/mol. The SMILES string of the molecule is Cc1ccc(C)c(-n2nc(-c3cccc(Cl)c3)c3c2NCCCC3)c1. The van der Waals surface area contributed by atoms with Crippen molar-refractivity contribution in [1.82, 2.24) is 9.78 Å². The van der Waals surface area contributed by atoms with Crippen LogP contribution in [0.25, 0.3) is 16.9 Å². The Morgan fingerprint density at radius 3 is 2.80 bits per heavy atom. The fraction of sp³-hybridized carbons (Fsp3) is 0.286. The van der Waals surface area contributed by atoms with Gasteiger partial charge in [-0.15, -0.1) is 0 Å². The van der Waals surface area contributed by atoms with Gasteiger partial charge in [0.1, 0.15) is 5.82 Å². The molecule has 128 valence electrons. The van der Waals surface area contributed by atoms with Crippen LogP contribution in [-0.2, 0) is 6.42 Å². The maximum Gasteiger partial charge on any atom is 0.133 e. The van der Waals surface area contributed by atoms with E-state index in [0.29, 0.717) is 0 Å². The molecule has 0 saturated carbocycles. The number of aromatic nitrogens is 2. The summed E-state index contributed by atoms with van der Waals surface area (Å²) in [4.78, 5) is 0. The lowest BCUT2D eigenvalue weighted by molar-refractivity contribution is 0.779. The Labute approximate surface area is 153 Å². The summed E-state index contributed by atoms with van der Waals surface area (Å²) in [5.41, 5.74) is 7.01. The standard InChI is InChI=1S/C21H22ClN3/c1-14-9-10-15(2)19(12-14)25-21-18(8-3-4-11-23-21)20(24-25)16-6-5-7-17(22)13-16/h5-7,9-10,12-13,23H,3-4,8,11H2,1-2H3. The number of anilines is 1. The van der Waals surface area contributed by atoms with E-state index in [1.807, 2.05) is 18.2 Å². The molecule has 1 aromatic heterocycles. The van der Waals surface area contributed by atoms with E-state index in [1.54, 1.807) is 0 Å². The number of rotatable bonds is 2. The van der Waals surface area contributed by atoms with Crippen molar-refractivity contribution in [2.24, 2.45) is 0 Å². The van der Waals surface area contributed by atoms with E-state index in [9.17, 15) is 0 Å². The van der Waals surface area contributed by atoms with E-state index in [-0.39, 0.29) is 0 Å². The third kappa shape index (κ3) is 3.05. The summed E-state index contributed by atoms with van der Waals surface area (Å²) in [7, 11) is 0. The summed E-state index contributed by atoms with van der Waals surface area (Å²) in [5, 5.41) is 9.37. The van der Waals surface area contributed by atoms with E-state index in [4.69, 9.17) is 16.7 Å². The summed E-state index contributed by atoms with van der Waals surface area (Å²) in [6, 6.07) is 14.5. The van der Waals surface area contributed by atoms with Gasteiger partial charge in [-0.2, -0.15) is 5.10 Å². The minimum absolute atomic E-state index is 0.745. The zero-order chi connectivity index (χ0) is 17.4. The van der Waals surface area contributed by atoms with Gasteiger partial charge in [-0.25, -0.2) is 4.68 Å². The van der Waals surface area contributed by atoms with Gasteiger partial charge in [-0.05, 0) is 62.4 Å². The highest BCUT2D eigenvalue weighted by atomic mass is 35.5. The summed E-state index contributed by atoms with van der Waals surface area (Å²) < 4.78 is 2.08. The average Bonchev–Trinajstić information content (AvgIpc) is 2.78. The van der Waals surface area contributed by atoms with Gasteiger partial charge in [0, 0.05) is 22.7 Å². The Hall–Kier alpha value is -2.26. The first-order valence-electron chi connectivity index (χ1n) is 8.83. The normalized spacial score (nSPS) is 13.9. The number of aryl methyl sites for hydroxylation is 2. The molecule has 0 fully saturated rings. The first kappa shape index (κ1) is 16.2. The largest absolute Gasteiger partial charge is 0.370 e. The third-order valence-corrected chi connectivity index (χ3v) is 5.06. The summed E-state index contributed by atoms with van der Waals surface area (Å²) >= 11 is 6.23. The molecule has 1 aliphatic heterocycles. The lowest BCUT2D eigenvalue weighted by Gasteiger charge is -2.12. The smallest absolute Gasteiger partial charge is 0.133 e. The third-order valence-electron chi connectivity index (χ3n) is 4.82. The zero-order valence-electron chi connectivity index (χ0n) is 14.6. The topological polar surface area (TPSA) is 29.9 Å². The number of nitrogens with zero attached hydrogens (tertiary/aromatic N) is 2. The van der Waals surface area contributed by atoms with Gasteiger partial charge in [0.15, 0.2) is 0 Å². The summed E-state index contributed by atoms with van der Waals surface area (Å²) in [6.45, 7) is 5.24. The van der Waals surface area contributed by atoms with E-state index in [0.717, 1.165) is 40.8 Å². The van der Waals surface area contributed by atoms with E-state index < -0.39 is 0 Å². The molecule has 0 atom stereocenters. The van der Waals surface area contributed by atoms with E-state index >= 15 is 0 Å². The molecule has 3 aromatic rings. The van der Waals surface area contributed by atoms with E-state index in [2.05, 4.69) is 48.1 Å². The summed E-state index contributed by atoms with van der Waals surface area (Å²) in [5.74, 6) is 1.13. The molecule has 1 aliphatic rings. The molecule has 0 amide bonds. The Morgan fingerprint density at radius 1 is 1.08 bits per heavy atom. The van der Waals surface area contributed by atoms with Crippen LogP contribution in [0.3, 0.4) is 0 Å². The number of halogens is 1. The van der Waals surface area contributed by atoms with Gasteiger partial charge >= 0.3 is 0 Å². The maximum absolute atomic E-state index is 6.23. The van der Waals surface area contributed by atoms with Gasteiger partial charge in [0.05, 0.1) is 11.4 Å². The number of fused-ring (bicyclic) bond motifs is 1. The molecule has 0 unspecified atom stereocenters. The Balaban J connectivity index is 1.95. The van der Waals surface area contributed by atoms with Crippen LogP contribution in [0.5, 0.6) is 0 Å². The highest BCUT2D eigenvalue weighted by Gasteiger charge is 2.22. The van der Waals surface area contributed by atoms with Crippen molar-refractivity contribution in [2.75, 3.05) is 11.9 Å². The highest BCUT2D eigenvalue weighted by molar-refractivity contribution is 6.30. The Bertz CT molecular complexity index is 927. The molecule has 0 radical (unpaired) electrons. The first-order valence-corrected chi connectivity index (χ1v) is 9.20. The van der Waals surface area contributed by atoms with Crippen molar-refractivity contribution >= 4 is 17.4 Å². The molecule has 0 spiro atoms. The second-order valence-electron chi connectivity index (χ2n) is 6.77. The first-order chi connectivity index (χ1) is 12.1. The molecule has 3 nitrogen and oxygen atoms in total. The van der Waals surface area contributed by atoms with Gasteiger partial charge in [0.2, 0.25) is 0 Å². The van der Waals surface area contributed by atoms with Gasteiger partial charge in [-0.3, -0.25) is 0 Å². The van der Waals surface area contributed by atoms with Crippen molar-refractivity contribution in [1.29, 1.82) is 0 Å². The van der Waals surface area contributed by atoms with Crippen molar-refractivity contribution < 1.29 is 0 Å². The van der Waals surface area contributed by atoms with Crippen molar-refractivity contribution in [3.8, 4) is 16.9 Å². The Morgan fingerprint density at radius 2 is 1.96 bits per heavy atom. The minimum atomic E-state index is 0.745. The number of benzene rings is 2. The molecule has 2 aromatic carbocycles. The molecule has 0 bridgehead atoms. The van der Waals surface area contributed by atoms with Crippen LogP contribution >= 0.6 is 11.6 Å². The molecular formula is C21H22ClN3. The van der Waals surface area contributed by atoms with Crippen LogP contribution in [0, 0.1) is 13.8 Å². The van der Waals surface area contributed by atoms with Gasteiger partial charge in [-0.1, -0.05) is 35.9 Å². The molecular weight excluding hydrogens is 330 g/mol. The second kappa shape index (κ2) is 6.57. The van der Waals surface area contributed by atoms with Gasteiger partial charge in [0.25, 0.3) is 0 Å². The van der Waals surface area contributed by atoms with Gasteiger partial charge < -0.3 is 5.32 Å². The lowest BCUT2D eigenvalue weighted by Crippen LogP contribution is -2.08. The number of nitrogens with one attached hydrogen (secondary N) is 1. The molecule has 1 N–H and O–H groups in total. The molecule has 2 heterocycles.